The minimum Gasteiger partial charge on any atom is -0.363 e. The molecule has 2 aliphatic rings. The van der Waals surface area contributed by atoms with E-state index in [9.17, 15) is 4.79 Å². The molecule has 0 aromatic heterocycles. The summed E-state index contributed by atoms with van der Waals surface area (Å²) in [6, 6.07) is 0. The number of carbonyl (C=O) groups excluding carboxylic acids is 1. The number of nitrogens with zero attached hydrogens (tertiary/aromatic N) is 1. The molecule has 92 valence electrons. The molecular weight excluding hydrogens is 204 g/mol. The molecule has 4 heteroatoms. The van der Waals surface area contributed by atoms with Crippen LogP contribution in [0.3, 0.4) is 0 Å². The van der Waals surface area contributed by atoms with Gasteiger partial charge in [0.2, 0.25) is 5.91 Å². The van der Waals surface area contributed by atoms with Gasteiger partial charge in [-0.2, -0.15) is 0 Å². The van der Waals surface area contributed by atoms with Crippen LogP contribution in [0.1, 0.15) is 33.6 Å². The van der Waals surface area contributed by atoms with Crippen LogP contribution in [-0.4, -0.2) is 48.2 Å². The molecule has 16 heavy (non-hydrogen) atoms. The number of rotatable bonds is 0. The molecule has 2 aliphatic heterocycles. The van der Waals surface area contributed by atoms with Crippen molar-refractivity contribution in [1.82, 2.24) is 10.2 Å². The zero-order chi connectivity index (χ0) is 11.8. The Labute approximate surface area is 97.3 Å². The largest absolute Gasteiger partial charge is 0.363 e. The van der Waals surface area contributed by atoms with Crippen molar-refractivity contribution in [2.45, 2.75) is 44.8 Å². The van der Waals surface area contributed by atoms with Crippen molar-refractivity contribution in [3.05, 3.63) is 0 Å². The molecule has 0 bridgehead atoms. The van der Waals surface area contributed by atoms with Crippen LogP contribution < -0.4 is 5.32 Å². The number of amides is 1. The first-order valence-corrected chi connectivity index (χ1v) is 6.08. The van der Waals surface area contributed by atoms with Crippen molar-refractivity contribution in [1.29, 1.82) is 0 Å². The molecule has 0 saturated carbocycles. The van der Waals surface area contributed by atoms with E-state index in [4.69, 9.17) is 4.74 Å². The Morgan fingerprint density at radius 2 is 1.94 bits per heavy atom. The Morgan fingerprint density at radius 3 is 2.50 bits per heavy atom. The Hall–Kier alpha value is -0.610. The van der Waals surface area contributed by atoms with Gasteiger partial charge < -0.3 is 15.0 Å². The zero-order valence-corrected chi connectivity index (χ0v) is 10.5. The van der Waals surface area contributed by atoms with Gasteiger partial charge in [0, 0.05) is 5.54 Å². The average molecular weight is 226 g/mol. The molecular formula is C12H22N2O2. The third kappa shape index (κ3) is 2.23. The van der Waals surface area contributed by atoms with Gasteiger partial charge in [0.05, 0.1) is 12.1 Å². The van der Waals surface area contributed by atoms with Crippen LogP contribution in [0.4, 0.5) is 0 Å². The summed E-state index contributed by atoms with van der Waals surface area (Å²) in [4.78, 5) is 13.8. The molecule has 0 aromatic rings. The highest BCUT2D eigenvalue weighted by atomic mass is 16.5. The highest BCUT2D eigenvalue weighted by molar-refractivity contribution is 5.79. The summed E-state index contributed by atoms with van der Waals surface area (Å²) in [6.07, 6.45) is 2.01. The van der Waals surface area contributed by atoms with Gasteiger partial charge in [-0.05, 0) is 46.7 Å². The summed E-state index contributed by atoms with van der Waals surface area (Å²) in [7, 11) is 0. The first-order valence-electron chi connectivity index (χ1n) is 6.08. The smallest absolute Gasteiger partial charge is 0.249 e. The molecule has 0 unspecified atom stereocenters. The van der Waals surface area contributed by atoms with Gasteiger partial charge in [0.25, 0.3) is 0 Å². The number of piperidine rings is 1. The average Bonchev–Trinajstić information content (AvgIpc) is 2.22. The van der Waals surface area contributed by atoms with Crippen LogP contribution in [0.15, 0.2) is 0 Å². The van der Waals surface area contributed by atoms with E-state index in [1.807, 2.05) is 4.90 Å². The van der Waals surface area contributed by atoms with E-state index < -0.39 is 0 Å². The standard InChI is InChI=1S/C12H22N2O2/c1-11(2,3)14-9-12(16-8-10(14)15)4-6-13-7-5-12/h13H,4-9H2,1-3H3. The van der Waals surface area contributed by atoms with Crippen LogP contribution in [0, 0.1) is 0 Å². The molecule has 0 radical (unpaired) electrons. The Morgan fingerprint density at radius 1 is 1.31 bits per heavy atom. The van der Waals surface area contributed by atoms with Gasteiger partial charge in [0.1, 0.15) is 6.61 Å². The number of morpholine rings is 1. The molecule has 0 atom stereocenters. The van der Waals surface area contributed by atoms with Gasteiger partial charge in [0.15, 0.2) is 0 Å². The van der Waals surface area contributed by atoms with Crippen molar-refractivity contribution in [2.75, 3.05) is 26.2 Å². The fourth-order valence-electron chi connectivity index (χ4n) is 2.51. The fraction of sp³-hybridized carbons (Fsp3) is 0.917. The second-order valence-electron chi connectivity index (χ2n) is 5.87. The maximum absolute atomic E-state index is 11.9. The quantitative estimate of drug-likeness (QED) is 0.663. The van der Waals surface area contributed by atoms with Gasteiger partial charge in [-0.1, -0.05) is 0 Å². The second kappa shape index (κ2) is 4.00. The molecule has 1 amide bonds. The van der Waals surface area contributed by atoms with Gasteiger partial charge in [-0.15, -0.1) is 0 Å². The number of hydrogen-bond acceptors (Lipinski definition) is 3. The van der Waals surface area contributed by atoms with E-state index >= 15 is 0 Å². The first-order chi connectivity index (χ1) is 7.43. The number of nitrogens with one attached hydrogen (secondary N) is 1. The van der Waals surface area contributed by atoms with Crippen molar-refractivity contribution >= 4 is 5.91 Å². The SMILES string of the molecule is CC(C)(C)N1CC2(CCNCC2)OCC1=O. The van der Waals surface area contributed by atoms with E-state index in [1.54, 1.807) is 0 Å². The number of carbonyl (C=O) groups is 1. The summed E-state index contributed by atoms with van der Waals surface area (Å²) in [6.45, 7) is 9.24. The zero-order valence-electron chi connectivity index (χ0n) is 10.5. The summed E-state index contributed by atoms with van der Waals surface area (Å²) < 4.78 is 5.81. The first kappa shape index (κ1) is 11.9. The van der Waals surface area contributed by atoms with Crippen LogP contribution in [0.5, 0.6) is 0 Å². The Bertz CT molecular complexity index is 277. The maximum atomic E-state index is 11.9. The Balaban J connectivity index is 2.12. The van der Waals surface area contributed by atoms with Gasteiger partial charge >= 0.3 is 0 Å². The van der Waals surface area contributed by atoms with Crippen LogP contribution in [0.25, 0.3) is 0 Å². The number of hydrogen-bond donors (Lipinski definition) is 1. The summed E-state index contributed by atoms with van der Waals surface area (Å²) in [5.74, 6) is 0.122. The molecule has 2 fully saturated rings. The summed E-state index contributed by atoms with van der Waals surface area (Å²) >= 11 is 0. The van der Waals surface area contributed by atoms with Crippen molar-refractivity contribution < 1.29 is 9.53 Å². The van der Waals surface area contributed by atoms with Crippen LogP contribution in [-0.2, 0) is 9.53 Å². The Kier molecular flexibility index (Phi) is 2.97. The molecule has 4 nitrogen and oxygen atoms in total. The third-order valence-corrected chi connectivity index (χ3v) is 3.57. The third-order valence-electron chi connectivity index (χ3n) is 3.57. The monoisotopic (exact) mass is 226 g/mol. The highest BCUT2D eigenvalue weighted by Gasteiger charge is 2.43. The molecule has 1 spiro atoms. The molecule has 1 N–H and O–H groups in total. The lowest BCUT2D eigenvalue weighted by atomic mass is 9.88. The lowest BCUT2D eigenvalue weighted by Crippen LogP contribution is -2.62. The van der Waals surface area contributed by atoms with Crippen molar-refractivity contribution in [3.63, 3.8) is 0 Å². The maximum Gasteiger partial charge on any atom is 0.249 e. The fourth-order valence-corrected chi connectivity index (χ4v) is 2.51. The number of ether oxygens (including phenoxy) is 1. The molecule has 0 aliphatic carbocycles. The van der Waals surface area contributed by atoms with E-state index in [0.29, 0.717) is 0 Å². The molecule has 2 heterocycles. The lowest BCUT2D eigenvalue weighted by Gasteiger charge is -2.49. The predicted octanol–water partition coefficient (Wildman–Crippen LogP) is 0.766. The summed E-state index contributed by atoms with van der Waals surface area (Å²) in [5.41, 5.74) is -0.189. The van der Waals surface area contributed by atoms with Gasteiger partial charge in [-0.3, -0.25) is 4.79 Å². The topological polar surface area (TPSA) is 41.6 Å². The van der Waals surface area contributed by atoms with Crippen LogP contribution in [0.2, 0.25) is 0 Å². The van der Waals surface area contributed by atoms with E-state index in [1.165, 1.54) is 0 Å². The van der Waals surface area contributed by atoms with Crippen molar-refractivity contribution in [2.24, 2.45) is 0 Å². The van der Waals surface area contributed by atoms with E-state index in [0.717, 1.165) is 32.5 Å². The van der Waals surface area contributed by atoms with Crippen molar-refractivity contribution in [3.8, 4) is 0 Å². The lowest BCUT2D eigenvalue weighted by molar-refractivity contribution is -0.176. The normalized spacial score (nSPS) is 26.2. The van der Waals surface area contributed by atoms with Crippen LogP contribution >= 0.6 is 0 Å². The minimum atomic E-state index is -0.0985. The molecule has 0 aromatic carbocycles. The highest BCUT2D eigenvalue weighted by Crippen LogP contribution is 2.31. The predicted molar refractivity (Wildman–Crippen MR) is 62.3 cm³/mol. The van der Waals surface area contributed by atoms with E-state index in [2.05, 4.69) is 26.1 Å². The molecule has 2 rings (SSSR count). The van der Waals surface area contributed by atoms with E-state index in [-0.39, 0.29) is 23.7 Å². The molecule has 2 saturated heterocycles. The summed E-state index contributed by atoms with van der Waals surface area (Å²) in [5, 5.41) is 3.34. The second-order valence-corrected chi connectivity index (χ2v) is 5.87. The minimum absolute atomic E-state index is 0.0908. The van der Waals surface area contributed by atoms with Gasteiger partial charge in [-0.25, -0.2) is 0 Å².